The summed E-state index contributed by atoms with van der Waals surface area (Å²) >= 11 is 1.46. The van der Waals surface area contributed by atoms with Crippen LogP contribution in [-0.2, 0) is 20.5 Å². The summed E-state index contributed by atoms with van der Waals surface area (Å²) < 4.78 is 20.4. The summed E-state index contributed by atoms with van der Waals surface area (Å²) in [7, 11) is -2.94. The molecule has 0 radical (unpaired) electrons. The number of nitrogens with zero attached hydrogens (tertiary/aromatic N) is 3. The van der Waals surface area contributed by atoms with E-state index in [-0.39, 0.29) is 18.3 Å². The predicted molar refractivity (Wildman–Crippen MR) is 201 cm³/mol. The number of hydrogen-bond donors (Lipinski definition) is 1. The van der Waals surface area contributed by atoms with Crippen LogP contribution in [0.4, 0.5) is 0 Å². The molecule has 1 aliphatic heterocycles. The van der Waals surface area contributed by atoms with Crippen LogP contribution < -0.4 is 10.4 Å². The highest BCUT2D eigenvalue weighted by Gasteiger charge is 2.52. The van der Waals surface area contributed by atoms with E-state index in [0.29, 0.717) is 0 Å². The van der Waals surface area contributed by atoms with Crippen LogP contribution in [0.25, 0.3) is 21.2 Å². The molecule has 1 heterocycles. The number of aryl methyl sites for hydroxylation is 1. The summed E-state index contributed by atoms with van der Waals surface area (Å²) in [4.78, 5) is 4.15. The number of aliphatic hydroxyl groups is 1. The summed E-state index contributed by atoms with van der Waals surface area (Å²) in [6.07, 6.45) is -2.72. The maximum absolute atomic E-state index is 12.0. The fourth-order valence-electron chi connectivity index (χ4n) is 6.75. The molecule has 252 valence electrons. The molecule has 0 unspecified atom stereocenters. The van der Waals surface area contributed by atoms with Crippen molar-refractivity contribution in [1.82, 2.24) is 0 Å². The largest absolute Gasteiger partial charge is 0.405 e. The molecular formula is C40H43N3O4SSi. The maximum Gasteiger partial charge on any atom is 0.261 e. The third-order valence-corrected chi connectivity index (χ3v) is 15.4. The molecule has 0 spiro atoms. The van der Waals surface area contributed by atoms with Gasteiger partial charge in [0.1, 0.15) is 23.7 Å². The van der Waals surface area contributed by atoms with Crippen molar-refractivity contribution in [1.29, 1.82) is 0 Å². The Bertz CT molecular complexity index is 1840. The molecule has 49 heavy (non-hydrogen) atoms. The fourth-order valence-corrected chi connectivity index (χ4v) is 12.4. The van der Waals surface area contributed by atoms with E-state index in [9.17, 15) is 10.6 Å². The van der Waals surface area contributed by atoms with E-state index in [0.717, 1.165) is 37.2 Å². The molecule has 1 saturated heterocycles. The summed E-state index contributed by atoms with van der Waals surface area (Å²) in [6.45, 7) is 9.06. The minimum absolute atomic E-state index is 0.123. The minimum Gasteiger partial charge on any atom is -0.405 e. The van der Waals surface area contributed by atoms with Gasteiger partial charge in [0.2, 0.25) is 0 Å². The first-order chi connectivity index (χ1) is 23.7. The summed E-state index contributed by atoms with van der Waals surface area (Å²) in [5, 5.41) is 20.5. The molecule has 6 rings (SSSR count). The highest BCUT2D eigenvalue weighted by Crippen LogP contribution is 2.40. The molecule has 0 aromatic heterocycles. The van der Waals surface area contributed by atoms with Crippen molar-refractivity contribution >= 4 is 41.2 Å². The molecule has 0 bridgehead atoms. The van der Waals surface area contributed by atoms with Crippen LogP contribution in [0.15, 0.2) is 137 Å². The Morgan fingerprint density at radius 3 is 2.06 bits per heavy atom. The van der Waals surface area contributed by atoms with Crippen LogP contribution in [0.2, 0.25) is 5.04 Å². The molecule has 0 saturated carbocycles. The first-order valence-electron chi connectivity index (χ1n) is 16.6. The smallest absolute Gasteiger partial charge is 0.261 e. The molecule has 5 atom stereocenters. The average molecular weight is 690 g/mol. The van der Waals surface area contributed by atoms with Crippen molar-refractivity contribution in [2.24, 2.45) is 5.11 Å². The fraction of sp³-hybridized carbons (Fsp3) is 0.300. The van der Waals surface area contributed by atoms with E-state index < -0.39 is 38.1 Å². The molecule has 1 N–H and O–H groups in total. The van der Waals surface area contributed by atoms with Gasteiger partial charge in [-0.1, -0.05) is 152 Å². The number of aliphatic hydroxyl groups excluding tert-OH is 1. The first-order valence-corrected chi connectivity index (χ1v) is 19.4. The van der Waals surface area contributed by atoms with Crippen molar-refractivity contribution < 1.29 is 19.0 Å². The molecule has 5 aromatic carbocycles. The predicted octanol–water partition coefficient (Wildman–Crippen LogP) is 8.17. The van der Waals surface area contributed by atoms with Gasteiger partial charge in [-0.25, -0.2) is 0 Å². The zero-order chi connectivity index (χ0) is 34.4. The monoisotopic (exact) mass is 689 g/mol. The number of rotatable bonds is 11. The normalized spacial score (nSPS) is 21.3. The summed E-state index contributed by atoms with van der Waals surface area (Å²) in [5.41, 5.74) is 11.2. The molecular weight excluding hydrogens is 647 g/mol. The van der Waals surface area contributed by atoms with Crippen LogP contribution in [0.5, 0.6) is 0 Å². The van der Waals surface area contributed by atoms with Gasteiger partial charge < -0.3 is 19.0 Å². The first kappa shape index (κ1) is 34.9. The van der Waals surface area contributed by atoms with Gasteiger partial charge in [0.05, 0.1) is 19.3 Å². The lowest BCUT2D eigenvalue weighted by Crippen LogP contribution is -2.68. The number of fused-ring (bicyclic) bond motifs is 1. The van der Waals surface area contributed by atoms with Crippen LogP contribution in [-0.4, -0.2) is 49.8 Å². The third-order valence-electron chi connectivity index (χ3n) is 9.24. The van der Waals surface area contributed by atoms with Crippen LogP contribution in [0.3, 0.4) is 0 Å². The highest BCUT2D eigenvalue weighted by molar-refractivity contribution is 7.99. The number of thioether (sulfide) groups is 1. The Balaban J connectivity index is 1.35. The van der Waals surface area contributed by atoms with E-state index in [1.54, 1.807) is 0 Å². The summed E-state index contributed by atoms with van der Waals surface area (Å²) in [5.74, 6) is 0. The van der Waals surface area contributed by atoms with Gasteiger partial charge in [-0.05, 0) is 62.4 Å². The lowest BCUT2D eigenvalue weighted by atomic mass is 9.98. The van der Waals surface area contributed by atoms with Crippen molar-refractivity contribution in [2.75, 3.05) is 6.61 Å². The van der Waals surface area contributed by atoms with Gasteiger partial charge >= 0.3 is 0 Å². The second-order valence-electron chi connectivity index (χ2n) is 13.6. The topological polar surface area (TPSA) is 96.7 Å². The summed E-state index contributed by atoms with van der Waals surface area (Å²) in [6, 6.07) is 42.5. The number of azide groups is 1. The van der Waals surface area contributed by atoms with E-state index in [2.05, 4.69) is 104 Å². The van der Waals surface area contributed by atoms with Crippen LogP contribution >= 0.6 is 11.8 Å². The minimum atomic E-state index is -2.94. The van der Waals surface area contributed by atoms with Gasteiger partial charge in [-0.15, -0.1) is 0 Å². The molecule has 1 fully saturated rings. The second kappa shape index (κ2) is 15.3. The van der Waals surface area contributed by atoms with Crippen molar-refractivity contribution in [3.05, 3.63) is 149 Å². The molecule has 0 aliphatic carbocycles. The number of ether oxygens (including phenoxy) is 2. The van der Waals surface area contributed by atoms with Crippen LogP contribution in [0.1, 0.15) is 31.9 Å². The maximum atomic E-state index is 12.0. The van der Waals surface area contributed by atoms with E-state index in [1.807, 2.05) is 61.5 Å². The van der Waals surface area contributed by atoms with Gasteiger partial charge in [0, 0.05) is 9.81 Å². The standard InChI is InChI=1S/C40H43N3O4SSi/c1-28-19-23-32(24-20-28)48-39-36(42-43-41)38(45-26-29-21-22-30-13-11-12-14-31(30)25-29)37(44)35(47-39)27-46-49(40(2,3)4,33-15-7-5-8-16-33)34-17-9-6-10-18-34/h5-25,35-39,44H,26-27H2,1-4H3/t35-,36-,37-,38-,39+/m1/s1. The Hall–Kier alpha value is -3.92. The van der Waals surface area contributed by atoms with Gasteiger partial charge in [0.15, 0.2) is 0 Å². The molecule has 7 nitrogen and oxygen atoms in total. The molecule has 0 amide bonds. The Morgan fingerprint density at radius 1 is 0.837 bits per heavy atom. The van der Waals surface area contributed by atoms with Gasteiger partial charge in [-0.2, -0.15) is 0 Å². The second-order valence-corrected chi connectivity index (χ2v) is 19.1. The van der Waals surface area contributed by atoms with Crippen molar-refractivity contribution in [2.45, 2.75) is 74.0 Å². The van der Waals surface area contributed by atoms with Crippen molar-refractivity contribution in [3.63, 3.8) is 0 Å². The Labute approximate surface area is 294 Å². The average Bonchev–Trinajstić information content (AvgIpc) is 3.11. The highest BCUT2D eigenvalue weighted by atomic mass is 32.2. The van der Waals surface area contributed by atoms with Crippen LogP contribution in [0, 0.1) is 6.92 Å². The number of benzene rings is 5. The number of hydrogen-bond acceptors (Lipinski definition) is 6. The SMILES string of the molecule is Cc1ccc(S[C@@H]2O[C@H](CO[Si](c3ccccc3)(c3ccccc3)C(C)(C)C)[C@@H](O)[C@H](OCc3ccc4ccccc4c3)[C@H]2N=[N+]=[N-])cc1. The van der Waals surface area contributed by atoms with E-state index in [1.165, 1.54) is 11.8 Å². The molecule has 5 aromatic rings. The quantitative estimate of drug-likeness (QED) is 0.0654. The molecule has 1 aliphatic rings. The van der Waals surface area contributed by atoms with E-state index in [4.69, 9.17) is 13.9 Å². The van der Waals surface area contributed by atoms with E-state index >= 15 is 0 Å². The van der Waals surface area contributed by atoms with Gasteiger partial charge in [-0.3, -0.25) is 0 Å². The lowest BCUT2D eigenvalue weighted by molar-refractivity contribution is -0.183. The molecule has 9 heteroatoms. The Morgan fingerprint density at radius 2 is 1.45 bits per heavy atom. The lowest BCUT2D eigenvalue weighted by Gasteiger charge is -2.46. The zero-order valence-electron chi connectivity index (χ0n) is 28.3. The van der Waals surface area contributed by atoms with Crippen molar-refractivity contribution in [3.8, 4) is 0 Å². The third kappa shape index (κ3) is 7.64. The van der Waals surface area contributed by atoms with Gasteiger partial charge in [0.25, 0.3) is 8.32 Å². The Kier molecular flexibility index (Phi) is 10.9. The zero-order valence-corrected chi connectivity index (χ0v) is 30.2.